The number of amides is 2. The van der Waals surface area contributed by atoms with Crippen molar-refractivity contribution < 1.29 is 29.0 Å². The molecular weight excluding hydrogens is 552 g/mol. The molecule has 1 N–H and O–H groups in total. The number of hydrogen-bond acceptors (Lipinski definition) is 6. The summed E-state index contributed by atoms with van der Waals surface area (Å²) < 4.78 is 11.8. The van der Waals surface area contributed by atoms with E-state index in [4.69, 9.17) is 21.1 Å². The summed E-state index contributed by atoms with van der Waals surface area (Å²) >= 11 is 9.70. The molecule has 2 amide bonds. The van der Waals surface area contributed by atoms with Crippen LogP contribution in [0.15, 0.2) is 49.6 Å². The number of nitrogens with zero attached hydrogens (tertiary/aromatic N) is 2. The van der Waals surface area contributed by atoms with Crippen molar-refractivity contribution in [2.45, 2.75) is 41.8 Å². The van der Waals surface area contributed by atoms with E-state index in [2.05, 4.69) is 29.1 Å². The summed E-state index contributed by atoms with van der Waals surface area (Å²) in [6.45, 7) is 7.84. The molecule has 3 unspecified atom stereocenters. The lowest BCUT2D eigenvalue weighted by Gasteiger charge is -2.37. The van der Waals surface area contributed by atoms with Crippen molar-refractivity contribution >= 4 is 51.0 Å². The second-order valence-electron chi connectivity index (χ2n) is 9.26. The number of benzene rings is 1. The van der Waals surface area contributed by atoms with E-state index in [-0.39, 0.29) is 42.9 Å². The number of anilines is 1. The highest BCUT2D eigenvalue weighted by Crippen LogP contribution is 2.60. The molecule has 8 nitrogen and oxygen atoms in total. The highest BCUT2D eigenvalue weighted by atomic mass is 79.9. The van der Waals surface area contributed by atoms with Crippen LogP contribution in [0.4, 0.5) is 5.69 Å². The third kappa shape index (κ3) is 4.51. The number of aliphatic hydroxyl groups is 1. The molecule has 2 bridgehead atoms. The number of carbonyl (C=O) groups excluding carboxylic acids is 3. The van der Waals surface area contributed by atoms with Gasteiger partial charge in [0.15, 0.2) is 0 Å². The fourth-order valence-electron chi connectivity index (χ4n) is 5.77. The first-order valence-electron chi connectivity index (χ1n) is 12.0. The van der Waals surface area contributed by atoms with Gasteiger partial charge in [0.25, 0.3) is 5.91 Å². The largest absolute Gasteiger partial charge is 0.461 e. The summed E-state index contributed by atoms with van der Waals surface area (Å²) in [4.78, 5) is 44.1. The zero-order chi connectivity index (χ0) is 26.0. The predicted molar refractivity (Wildman–Crippen MR) is 139 cm³/mol. The number of hydrogen-bond donors (Lipinski definition) is 1. The Hall–Kier alpha value is -2.20. The van der Waals surface area contributed by atoms with Crippen LogP contribution < -0.4 is 4.90 Å². The topological polar surface area (TPSA) is 96.4 Å². The third-order valence-corrected chi connectivity index (χ3v) is 8.26. The average molecular weight is 582 g/mol. The van der Waals surface area contributed by atoms with E-state index in [0.717, 1.165) is 0 Å². The third-order valence-electron chi connectivity index (χ3n) is 7.16. The molecule has 1 aromatic carbocycles. The maximum Gasteiger partial charge on any atom is 0.312 e. The van der Waals surface area contributed by atoms with E-state index in [1.54, 1.807) is 35.2 Å². The normalized spacial score (nSPS) is 30.2. The molecule has 6 atom stereocenters. The molecule has 0 saturated carbocycles. The van der Waals surface area contributed by atoms with Gasteiger partial charge in [-0.05, 0) is 43.5 Å². The van der Waals surface area contributed by atoms with E-state index in [1.165, 1.54) is 11.0 Å². The highest BCUT2D eigenvalue weighted by Gasteiger charge is 2.77. The van der Waals surface area contributed by atoms with Crippen LogP contribution >= 0.6 is 27.5 Å². The molecular formula is C26H30BrClN2O6. The number of halogens is 2. The zero-order valence-corrected chi connectivity index (χ0v) is 22.2. The van der Waals surface area contributed by atoms with Gasteiger partial charge in [-0.2, -0.15) is 0 Å². The first kappa shape index (κ1) is 26.9. The number of esters is 1. The van der Waals surface area contributed by atoms with Crippen LogP contribution in [0, 0.1) is 11.8 Å². The number of alkyl halides is 1. The molecule has 1 aromatic rings. The van der Waals surface area contributed by atoms with E-state index >= 15 is 0 Å². The van der Waals surface area contributed by atoms with Crippen LogP contribution in [0.25, 0.3) is 0 Å². The Bertz CT molecular complexity index is 1040. The van der Waals surface area contributed by atoms with E-state index in [9.17, 15) is 19.5 Å². The number of fused-ring (bicyclic) bond motifs is 1. The second-order valence-corrected chi connectivity index (χ2v) is 10.9. The summed E-state index contributed by atoms with van der Waals surface area (Å²) in [7, 11) is 0. The van der Waals surface area contributed by atoms with Crippen molar-refractivity contribution in [3.05, 3.63) is 54.6 Å². The number of aliphatic hydroxyl groups excluding tert-OH is 1. The van der Waals surface area contributed by atoms with Crippen LogP contribution in [0.1, 0.15) is 19.3 Å². The van der Waals surface area contributed by atoms with Crippen molar-refractivity contribution in [3.63, 3.8) is 0 Å². The summed E-state index contributed by atoms with van der Waals surface area (Å²) in [5, 5.41) is 9.84. The Kier molecular flexibility index (Phi) is 8.24. The predicted octanol–water partition coefficient (Wildman–Crippen LogP) is 3.11. The lowest BCUT2D eigenvalue weighted by atomic mass is 9.70. The first-order chi connectivity index (χ1) is 17.3. The lowest BCUT2D eigenvalue weighted by molar-refractivity contribution is -0.153. The minimum Gasteiger partial charge on any atom is -0.461 e. The van der Waals surface area contributed by atoms with Gasteiger partial charge in [0.2, 0.25) is 5.91 Å². The maximum absolute atomic E-state index is 14.3. The van der Waals surface area contributed by atoms with Crippen molar-refractivity contribution in [1.29, 1.82) is 0 Å². The van der Waals surface area contributed by atoms with Crippen LogP contribution in [0.2, 0.25) is 5.02 Å². The molecule has 3 aliphatic rings. The minimum atomic E-state index is -1.18. The van der Waals surface area contributed by atoms with Crippen LogP contribution in [-0.2, 0) is 23.9 Å². The molecule has 10 heteroatoms. The number of ether oxygens (including phenoxy) is 2. The molecule has 36 heavy (non-hydrogen) atoms. The number of unbranched alkanes of at least 4 members (excludes halogenated alkanes) is 1. The summed E-state index contributed by atoms with van der Waals surface area (Å²) in [6.07, 6.45) is 3.87. The van der Waals surface area contributed by atoms with E-state index < -0.39 is 35.6 Å². The van der Waals surface area contributed by atoms with Gasteiger partial charge in [0, 0.05) is 35.2 Å². The molecule has 194 valence electrons. The molecule has 4 rings (SSSR count). The second kappa shape index (κ2) is 11.0. The molecule has 1 spiro atoms. The fourth-order valence-corrected chi connectivity index (χ4v) is 6.84. The van der Waals surface area contributed by atoms with Crippen molar-refractivity contribution in [1.82, 2.24) is 4.90 Å². The quantitative estimate of drug-likeness (QED) is 0.187. The number of carbonyl (C=O) groups is 3. The summed E-state index contributed by atoms with van der Waals surface area (Å²) in [5.41, 5.74) is -0.576. The Morgan fingerprint density at radius 2 is 2.00 bits per heavy atom. The van der Waals surface area contributed by atoms with Gasteiger partial charge in [-0.1, -0.05) is 46.3 Å². The van der Waals surface area contributed by atoms with Gasteiger partial charge in [0.05, 0.1) is 17.9 Å². The molecule has 3 aliphatic heterocycles. The SMILES string of the molecule is C=CCOC(=O)[C@H]1[C@H]2C(=O)N(CCCCO)C(C(=O)N(CC=C)c3ccc(Cl)cc3)C23CC(Br)[C@@H]1O3. The minimum absolute atomic E-state index is 0.0230. The van der Waals surface area contributed by atoms with E-state index in [0.29, 0.717) is 30.0 Å². The monoisotopic (exact) mass is 580 g/mol. The summed E-state index contributed by atoms with van der Waals surface area (Å²) in [6, 6.07) is 5.91. The van der Waals surface area contributed by atoms with Crippen LogP contribution in [-0.4, -0.2) is 76.7 Å². The molecule has 3 fully saturated rings. The van der Waals surface area contributed by atoms with Gasteiger partial charge >= 0.3 is 5.97 Å². The van der Waals surface area contributed by atoms with Gasteiger partial charge < -0.3 is 24.4 Å². The van der Waals surface area contributed by atoms with Gasteiger partial charge in [0.1, 0.15) is 18.2 Å². The van der Waals surface area contributed by atoms with Gasteiger partial charge in [-0.3, -0.25) is 14.4 Å². The van der Waals surface area contributed by atoms with Gasteiger partial charge in [-0.15, -0.1) is 6.58 Å². The maximum atomic E-state index is 14.3. The first-order valence-corrected chi connectivity index (χ1v) is 13.3. The Balaban J connectivity index is 1.76. The number of likely N-dealkylation sites (tertiary alicyclic amines) is 1. The summed E-state index contributed by atoms with van der Waals surface area (Å²) in [5.74, 6) is -2.83. The Labute approximate surface area is 224 Å². The standard InChI is InChI=1S/C26H30BrClN2O6/c1-3-11-29(17-9-7-16(28)8-10-17)24(33)22-26-15-18(27)21(36-26)19(25(34)35-14-4-2)20(26)23(32)30(22)12-5-6-13-31/h3-4,7-10,18-22,31H,1-2,5-6,11-15H2/t18?,19-,20-,21-,22?,26?/m0/s1. The molecule has 0 aliphatic carbocycles. The Morgan fingerprint density at radius 3 is 2.64 bits per heavy atom. The van der Waals surface area contributed by atoms with Crippen molar-refractivity contribution in [2.75, 3.05) is 31.2 Å². The zero-order valence-electron chi connectivity index (χ0n) is 19.9. The molecule has 0 radical (unpaired) electrons. The highest BCUT2D eigenvalue weighted by molar-refractivity contribution is 9.09. The van der Waals surface area contributed by atoms with Crippen molar-refractivity contribution in [2.24, 2.45) is 11.8 Å². The fraction of sp³-hybridized carbons (Fsp3) is 0.500. The van der Waals surface area contributed by atoms with E-state index in [1.807, 2.05) is 0 Å². The average Bonchev–Trinajstić information content (AvgIpc) is 3.45. The molecule has 3 saturated heterocycles. The smallest absolute Gasteiger partial charge is 0.312 e. The number of rotatable bonds is 11. The Morgan fingerprint density at radius 1 is 1.28 bits per heavy atom. The molecule has 3 heterocycles. The van der Waals surface area contributed by atoms with Crippen LogP contribution in [0.5, 0.6) is 0 Å². The molecule has 0 aromatic heterocycles. The van der Waals surface area contributed by atoms with Crippen LogP contribution in [0.3, 0.4) is 0 Å². The van der Waals surface area contributed by atoms with Gasteiger partial charge in [-0.25, -0.2) is 0 Å². The lowest BCUT2D eigenvalue weighted by Crippen LogP contribution is -2.57. The van der Waals surface area contributed by atoms with Crippen molar-refractivity contribution in [3.8, 4) is 0 Å².